The van der Waals surface area contributed by atoms with Gasteiger partial charge in [0.25, 0.3) is 5.91 Å². The van der Waals surface area contributed by atoms with Gasteiger partial charge in [0, 0.05) is 36.4 Å². The number of rotatable bonds is 5. The fourth-order valence-corrected chi connectivity index (χ4v) is 3.50. The van der Waals surface area contributed by atoms with Crippen molar-refractivity contribution in [1.29, 1.82) is 0 Å². The van der Waals surface area contributed by atoms with Crippen LogP contribution in [0.2, 0.25) is 0 Å². The van der Waals surface area contributed by atoms with Gasteiger partial charge in [-0.1, -0.05) is 18.2 Å². The Kier molecular flexibility index (Phi) is 7.11. The molecule has 0 spiro atoms. The second-order valence-corrected chi connectivity index (χ2v) is 6.88. The number of amides is 1. The summed E-state index contributed by atoms with van der Waals surface area (Å²) in [5.41, 5.74) is 9.05. The van der Waals surface area contributed by atoms with Crippen LogP contribution in [0.3, 0.4) is 0 Å². The molecule has 1 saturated heterocycles. The zero-order valence-electron chi connectivity index (χ0n) is 15.8. The molecule has 2 aromatic carbocycles. The van der Waals surface area contributed by atoms with Gasteiger partial charge in [-0.3, -0.25) is 4.79 Å². The number of ether oxygens (including phenoxy) is 2. The number of nitrogen functional groups attached to an aromatic ring is 1. The minimum atomic E-state index is -0.131. The van der Waals surface area contributed by atoms with E-state index in [0.717, 1.165) is 24.2 Å². The maximum Gasteiger partial charge on any atom is 0.251 e. The van der Waals surface area contributed by atoms with Crippen molar-refractivity contribution in [2.45, 2.75) is 25.2 Å². The first-order valence-corrected chi connectivity index (χ1v) is 8.91. The third kappa shape index (κ3) is 4.73. The first kappa shape index (κ1) is 21.1. The molecule has 1 amide bonds. The van der Waals surface area contributed by atoms with Gasteiger partial charge in [0.1, 0.15) is 5.75 Å². The Balaban J connectivity index is 0.00000261. The molecule has 5 nitrogen and oxygen atoms in total. The second-order valence-electron chi connectivity index (χ2n) is 6.88. The third-order valence-electron chi connectivity index (χ3n) is 5.25. The lowest BCUT2D eigenvalue weighted by Crippen LogP contribution is -2.44. The average Bonchev–Trinajstić information content (AvgIpc) is 2.69. The minimum absolute atomic E-state index is 0. The molecule has 1 fully saturated rings. The lowest BCUT2D eigenvalue weighted by molar-refractivity contribution is 0.0487. The van der Waals surface area contributed by atoms with E-state index >= 15 is 0 Å². The van der Waals surface area contributed by atoms with E-state index in [2.05, 4.69) is 17.4 Å². The average molecular weight is 391 g/mol. The number of hydrogen-bond donors (Lipinski definition) is 2. The molecule has 3 rings (SSSR count). The highest BCUT2D eigenvalue weighted by Gasteiger charge is 2.35. The molecule has 0 unspecified atom stereocenters. The van der Waals surface area contributed by atoms with Gasteiger partial charge in [-0.25, -0.2) is 0 Å². The number of nitrogens with one attached hydrogen (secondary N) is 1. The van der Waals surface area contributed by atoms with Crippen LogP contribution in [0.5, 0.6) is 5.75 Å². The van der Waals surface area contributed by atoms with Crippen LogP contribution in [0.15, 0.2) is 42.5 Å². The van der Waals surface area contributed by atoms with Crippen LogP contribution in [0, 0.1) is 6.92 Å². The summed E-state index contributed by atoms with van der Waals surface area (Å²) in [4.78, 5) is 12.7. The predicted octanol–water partition coefficient (Wildman–Crippen LogP) is 3.49. The van der Waals surface area contributed by atoms with Crippen molar-refractivity contribution in [3.63, 3.8) is 0 Å². The molecule has 0 saturated carbocycles. The second kappa shape index (κ2) is 9.11. The number of carbonyl (C=O) groups excluding carboxylic acids is 1. The number of carbonyl (C=O) groups is 1. The van der Waals surface area contributed by atoms with E-state index in [0.29, 0.717) is 31.0 Å². The third-order valence-corrected chi connectivity index (χ3v) is 5.25. The van der Waals surface area contributed by atoms with Gasteiger partial charge in [-0.15, -0.1) is 12.4 Å². The standard InChI is InChI=1S/C21H26N2O3.ClH/c1-15-3-6-17(22)13-19(15)20(24)23-14-21(9-11-26-12-10-21)16-4-7-18(25-2)8-5-16;/h3-8,13H,9-12,14,22H2,1-2H3,(H,23,24);1H. The highest BCUT2D eigenvalue weighted by molar-refractivity contribution is 5.96. The van der Waals surface area contributed by atoms with Crippen molar-refractivity contribution in [2.75, 3.05) is 32.6 Å². The topological polar surface area (TPSA) is 73.6 Å². The van der Waals surface area contributed by atoms with Crippen LogP contribution in [0.4, 0.5) is 5.69 Å². The summed E-state index contributed by atoms with van der Waals surface area (Å²) >= 11 is 0. The molecule has 1 aliphatic rings. The molecule has 27 heavy (non-hydrogen) atoms. The van der Waals surface area contributed by atoms with Gasteiger partial charge in [-0.2, -0.15) is 0 Å². The molecule has 0 aromatic heterocycles. The van der Waals surface area contributed by atoms with Crippen LogP contribution < -0.4 is 15.8 Å². The van der Waals surface area contributed by atoms with Crippen molar-refractivity contribution >= 4 is 24.0 Å². The quantitative estimate of drug-likeness (QED) is 0.766. The Bertz CT molecular complexity index is 771. The fourth-order valence-electron chi connectivity index (χ4n) is 3.50. The summed E-state index contributed by atoms with van der Waals surface area (Å²) in [6.45, 7) is 3.87. The highest BCUT2D eigenvalue weighted by Crippen LogP contribution is 2.35. The number of anilines is 1. The Morgan fingerprint density at radius 1 is 1.19 bits per heavy atom. The monoisotopic (exact) mass is 390 g/mol. The summed E-state index contributed by atoms with van der Waals surface area (Å²) in [6, 6.07) is 13.5. The molecule has 6 heteroatoms. The molecule has 0 radical (unpaired) electrons. The zero-order chi connectivity index (χ0) is 18.6. The van der Waals surface area contributed by atoms with Crippen molar-refractivity contribution in [1.82, 2.24) is 5.32 Å². The molecule has 0 aliphatic carbocycles. The van der Waals surface area contributed by atoms with E-state index in [4.69, 9.17) is 15.2 Å². The van der Waals surface area contributed by atoms with Crippen molar-refractivity contribution < 1.29 is 14.3 Å². The van der Waals surface area contributed by atoms with Crippen LogP contribution >= 0.6 is 12.4 Å². The van der Waals surface area contributed by atoms with Crippen LogP contribution in [0.25, 0.3) is 0 Å². The normalized spacial score (nSPS) is 15.5. The number of methoxy groups -OCH3 is 1. The largest absolute Gasteiger partial charge is 0.497 e. The molecule has 0 atom stereocenters. The van der Waals surface area contributed by atoms with Gasteiger partial charge in [0.2, 0.25) is 0 Å². The van der Waals surface area contributed by atoms with E-state index in [1.54, 1.807) is 13.2 Å². The van der Waals surface area contributed by atoms with E-state index in [1.807, 2.05) is 31.2 Å². The summed E-state index contributed by atoms with van der Waals surface area (Å²) in [5, 5.41) is 3.12. The van der Waals surface area contributed by atoms with Gasteiger partial charge in [0.15, 0.2) is 0 Å². The molecule has 1 aliphatic heterocycles. The SMILES string of the molecule is COc1ccc(C2(CNC(=O)c3cc(N)ccc3C)CCOCC2)cc1.Cl. The first-order chi connectivity index (χ1) is 12.5. The summed E-state index contributed by atoms with van der Waals surface area (Å²) in [6.07, 6.45) is 1.74. The lowest BCUT2D eigenvalue weighted by Gasteiger charge is -2.38. The summed E-state index contributed by atoms with van der Waals surface area (Å²) in [5.74, 6) is 0.740. The fraction of sp³-hybridized carbons (Fsp3) is 0.381. The minimum Gasteiger partial charge on any atom is -0.497 e. The summed E-state index contributed by atoms with van der Waals surface area (Å²) in [7, 11) is 1.66. The van der Waals surface area contributed by atoms with Gasteiger partial charge in [-0.05, 0) is 55.2 Å². The van der Waals surface area contributed by atoms with Crippen LogP contribution in [-0.4, -0.2) is 32.8 Å². The predicted molar refractivity (Wildman–Crippen MR) is 110 cm³/mol. The molecular formula is C21H27ClN2O3. The van der Waals surface area contributed by atoms with Crippen molar-refractivity contribution in [2.24, 2.45) is 0 Å². The number of nitrogens with two attached hydrogens (primary N) is 1. The lowest BCUT2D eigenvalue weighted by atomic mass is 9.74. The maximum atomic E-state index is 12.7. The number of benzene rings is 2. The Morgan fingerprint density at radius 2 is 1.85 bits per heavy atom. The van der Waals surface area contributed by atoms with Gasteiger partial charge in [0.05, 0.1) is 7.11 Å². The van der Waals surface area contributed by atoms with E-state index in [9.17, 15) is 4.79 Å². The number of aryl methyl sites for hydroxylation is 1. The van der Waals surface area contributed by atoms with E-state index < -0.39 is 0 Å². The Morgan fingerprint density at radius 3 is 2.48 bits per heavy atom. The molecule has 2 aromatic rings. The van der Waals surface area contributed by atoms with Crippen LogP contribution in [0.1, 0.15) is 34.3 Å². The number of hydrogen-bond acceptors (Lipinski definition) is 4. The smallest absolute Gasteiger partial charge is 0.251 e. The Labute approximate surface area is 166 Å². The zero-order valence-corrected chi connectivity index (χ0v) is 16.6. The highest BCUT2D eigenvalue weighted by atomic mass is 35.5. The summed E-state index contributed by atoms with van der Waals surface area (Å²) < 4.78 is 10.8. The number of halogens is 1. The van der Waals surface area contributed by atoms with Crippen molar-refractivity contribution in [3.05, 3.63) is 59.2 Å². The van der Waals surface area contributed by atoms with Crippen LogP contribution in [-0.2, 0) is 10.2 Å². The Hall–Kier alpha value is -2.24. The van der Waals surface area contributed by atoms with Gasteiger partial charge >= 0.3 is 0 Å². The molecule has 3 N–H and O–H groups in total. The molecule has 0 bridgehead atoms. The maximum absolute atomic E-state index is 12.7. The first-order valence-electron chi connectivity index (χ1n) is 8.91. The molecular weight excluding hydrogens is 364 g/mol. The molecule has 146 valence electrons. The van der Waals surface area contributed by atoms with Gasteiger partial charge < -0.3 is 20.5 Å². The van der Waals surface area contributed by atoms with E-state index in [-0.39, 0.29) is 23.7 Å². The molecule has 1 heterocycles. The van der Waals surface area contributed by atoms with Crippen molar-refractivity contribution in [3.8, 4) is 5.75 Å². The van der Waals surface area contributed by atoms with E-state index in [1.165, 1.54) is 5.56 Å².